The molecular weight excluding hydrogens is 218 g/mol. The number of benzene rings is 1. The van der Waals surface area contributed by atoms with Gasteiger partial charge in [-0.15, -0.1) is 0 Å². The van der Waals surface area contributed by atoms with E-state index in [4.69, 9.17) is 4.99 Å². The van der Waals surface area contributed by atoms with Crippen molar-refractivity contribution in [1.29, 1.82) is 0 Å². The third kappa shape index (κ3) is 2.05. The SMILES string of the molecule is Cc1ccc2c(c1)CCN=C2C1=CC(C)CC=C1. The lowest BCUT2D eigenvalue weighted by molar-refractivity contribution is 0.733. The van der Waals surface area contributed by atoms with Crippen LogP contribution in [0.15, 0.2) is 47.0 Å². The van der Waals surface area contributed by atoms with Crippen molar-refractivity contribution < 1.29 is 0 Å². The van der Waals surface area contributed by atoms with Crippen LogP contribution in [0.3, 0.4) is 0 Å². The molecule has 2 aliphatic rings. The van der Waals surface area contributed by atoms with Crippen molar-refractivity contribution in [3.63, 3.8) is 0 Å². The highest BCUT2D eigenvalue weighted by molar-refractivity contribution is 6.15. The van der Waals surface area contributed by atoms with Crippen LogP contribution in [0.1, 0.15) is 30.0 Å². The number of fused-ring (bicyclic) bond motifs is 1. The summed E-state index contributed by atoms with van der Waals surface area (Å²) in [5.74, 6) is 0.628. The summed E-state index contributed by atoms with van der Waals surface area (Å²) in [5, 5.41) is 0. The molecule has 18 heavy (non-hydrogen) atoms. The van der Waals surface area contributed by atoms with Crippen molar-refractivity contribution in [3.05, 3.63) is 58.7 Å². The lowest BCUT2D eigenvalue weighted by Crippen LogP contribution is -2.16. The van der Waals surface area contributed by atoms with Crippen LogP contribution in [0.5, 0.6) is 0 Å². The van der Waals surface area contributed by atoms with Crippen LogP contribution in [-0.2, 0) is 6.42 Å². The number of nitrogens with zero attached hydrogens (tertiary/aromatic N) is 1. The molecule has 1 unspecified atom stereocenters. The maximum Gasteiger partial charge on any atom is 0.0718 e. The van der Waals surface area contributed by atoms with Gasteiger partial charge in [0.05, 0.1) is 5.71 Å². The van der Waals surface area contributed by atoms with E-state index < -0.39 is 0 Å². The average Bonchev–Trinajstić information content (AvgIpc) is 2.37. The molecule has 0 saturated carbocycles. The van der Waals surface area contributed by atoms with Gasteiger partial charge in [0, 0.05) is 12.1 Å². The zero-order valence-corrected chi connectivity index (χ0v) is 11.1. The summed E-state index contributed by atoms with van der Waals surface area (Å²) in [6.07, 6.45) is 9.08. The topological polar surface area (TPSA) is 12.4 Å². The summed E-state index contributed by atoms with van der Waals surface area (Å²) < 4.78 is 0. The first kappa shape index (κ1) is 11.5. The fourth-order valence-corrected chi connectivity index (χ4v) is 2.78. The van der Waals surface area contributed by atoms with Crippen LogP contribution in [-0.4, -0.2) is 12.3 Å². The van der Waals surface area contributed by atoms with Gasteiger partial charge in [-0.3, -0.25) is 4.99 Å². The van der Waals surface area contributed by atoms with Gasteiger partial charge in [-0.2, -0.15) is 0 Å². The van der Waals surface area contributed by atoms with Gasteiger partial charge >= 0.3 is 0 Å². The van der Waals surface area contributed by atoms with E-state index in [9.17, 15) is 0 Å². The van der Waals surface area contributed by atoms with Gasteiger partial charge in [0.25, 0.3) is 0 Å². The van der Waals surface area contributed by atoms with Gasteiger partial charge in [-0.1, -0.05) is 48.9 Å². The molecule has 0 spiro atoms. The van der Waals surface area contributed by atoms with Crippen molar-refractivity contribution in [2.24, 2.45) is 10.9 Å². The van der Waals surface area contributed by atoms with Crippen LogP contribution < -0.4 is 0 Å². The van der Waals surface area contributed by atoms with E-state index in [1.54, 1.807) is 0 Å². The molecule has 1 heterocycles. The number of hydrogen-bond acceptors (Lipinski definition) is 1. The molecular formula is C17H19N. The number of hydrogen-bond donors (Lipinski definition) is 0. The standard InChI is InChI=1S/C17H19N/c1-12-4-3-5-15(11-12)17-16-7-6-13(2)10-14(16)8-9-18-17/h3,5-7,10-12H,4,8-9H2,1-2H3. The molecule has 0 aromatic heterocycles. The highest BCUT2D eigenvalue weighted by atomic mass is 14.7. The Hall–Kier alpha value is -1.63. The minimum absolute atomic E-state index is 0.628. The summed E-state index contributed by atoms with van der Waals surface area (Å²) in [5.41, 5.74) is 6.62. The van der Waals surface area contributed by atoms with Crippen LogP contribution in [0.25, 0.3) is 0 Å². The molecule has 1 heteroatoms. The number of allylic oxidation sites excluding steroid dienone is 4. The molecule has 92 valence electrons. The molecule has 1 atom stereocenters. The normalized spacial score (nSPS) is 22.2. The molecule has 0 fully saturated rings. The molecule has 1 aliphatic carbocycles. The van der Waals surface area contributed by atoms with Gasteiger partial charge in [-0.25, -0.2) is 0 Å². The predicted molar refractivity (Wildman–Crippen MR) is 77.3 cm³/mol. The number of aryl methyl sites for hydroxylation is 1. The van der Waals surface area contributed by atoms with Crippen LogP contribution in [0.4, 0.5) is 0 Å². The Kier molecular flexibility index (Phi) is 2.91. The summed E-state index contributed by atoms with van der Waals surface area (Å²) in [6.45, 7) is 5.35. The summed E-state index contributed by atoms with van der Waals surface area (Å²) >= 11 is 0. The fourth-order valence-electron chi connectivity index (χ4n) is 2.78. The fraction of sp³-hybridized carbons (Fsp3) is 0.353. The average molecular weight is 237 g/mol. The second-order valence-electron chi connectivity index (χ2n) is 5.38. The second kappa shape index (κ2) is 4.56. The molecule has 0 amide bonds. The van der Waals surface area contributed by atoms with E-state index in [2.05, 4.69) is 50.3 Å². The third-order valence-corrected chi connectivity index (χ3v) is 3.71. The minimum atomic E-state index is 0.628. The monoisotopic (exact) mass is 237 g/mol. The van der Waals surface area contributed by atoms with Crippen molar-refractivity contribution in [2.75, 3.05) is 6.54 Å². The molecule has 1 aliphatic heterocycles. The summed E-state index contributed by atoms with van der Waals surface area (Å²) in [6, 6.07) is 6.73. The highest BCUT2D eigenvalue weighted by Gasteiger charge is 2.18. The van der Waals surface area contributed by atoms with E-state index in [1.165, 1.54) is 28.0 Å². The summed E-state index contributed by atoms with van der Waals surface area (Å²) in [4.78, 5) is 4.76. The quantitative estimate of drug-likeness (QED) is 0.703. The van der Waals surface area contributed by atoms with Crippen molar-refractivity contribution in [1.82, 2.24) is 0 Å². The minimum Gasteiger partial charge on any atom is -0.284 e. The Bertz CT molecular complexity index is 561. The molecule has 0 N–H and O–H groups in total. The first-order valence-corrected chi connectivity index (χ1v) is 6.77. The Morgan fingerprint density at radius 3 is 3.00 bits per heavy atom. The zero-order chi connectivity index (χ0) is 12.5. The summed E-state index contributed by atoms with van der Waals surface area (Å²) in [7, 11) is 0. The maximum atomic E-state index is 4.76. The van der Waals surface area contributed by atoms with E-state index in [1.807, 2.05) is 0 Å². The highest BCUT2D eigenvalue weighted by Crippen LogP contribution is 2.25. The first-order chi connectivity index (χ1) is 8.74. The Labute approximate surface area is 109 Å². The van der Waals surface area contributed by atoms with E-state index in [0.29, 0.717) is 5.92 Å². The van der Waals surface area contributed by atoms with Gasteiger partial charge in [0.2, 0.25) is 0 Å². The molecule has 1 aromatic rings. The second-order valence-corrected chi connectivity index (χ2v) is 5.38. The largest absolute Gasteiger partial charge is 0.284 e. The number of aliphatic imine (C=N–C) groups is 1. The molecule has 0 saturated heterocycles. The third-order valence-electron chi connectivity index (χ3n) is 3.71. The van der Waals surface area contributed by atoms with Crippen LogP contribution in [0.2, 0.25) is 0 Å². The smallest absolute Gasteiger partial charge is 0.0718 e. The molecule has 3 rings (SSSR count). The van der Waals surface area contributed by atoms with Crippen LogP contribution >= 0.6 is 0 Å². The van der Waals surface area contributed by atoms with Gasteiger partial charge in [0.1, 0.15) is 0 Å². The van der Waals surface area contributed by atoms with Crippen molar-refractivity contribution in [2.45, 2.75) is 26.7 Å². The lowest BCUT2D eigenvalue weighted by atomic mass is 9.88. The maximum absolute atomic E-state index is 4.76. The molecule has 1 nitrogen and oxygen atoms in total. The van der Waals surface area contributed by atoms with Crippen molar-refractivity contribution >= 4 is 5.71 Å². The number of rotatable bonds is 1. The van der Waals surface area contributed by atoms with Gasteiger partial charge in [-0.05, 0) is 36.8 Å². The Morgan fingerprint density at radius 1 is 1.28 bits per heavy atom. The Morgan fingerprint density at radius 2 is 2.17 bits per heavy atom. The van der Waals surface area contributed by atoms with E-state index in [-0.39, 0.29) is 0 Å². The molecule has 0 radical (unpaired) electrons. The predicted octanol–water partition coefficient (Wildman–Crippen LogP) is 3.86. The molecule has 1 aromatic carbocycles. The molecule has 0 bridgehead atoms. The van der Waals surface area contributed by atoms with Gasteiger partial charge < -0.3 is 0 Å². The van der Waals surface area contributed by atoms with E-state index >= 15 is 0 Å². The van der Waals surface area contributed by atoms with E-state index in [0.717, 1.165) is 19.4 Å². The van der Waals surface area contributed by atoms with Crippen molar-refractivity contribution in [3.8, 4) is 0 Å². The first-order valence-electron chi connectivity index (χ1n) is 6.77. The zero-order valence-electron chi connectivity index (χ0n) is 11.1. The Balaban J connectivity index is 2.05. The van der Waals surface area contributed by atoms with Gasteiger partial charge in [0.15, 0.2) is 0 Å². The van der Waals surface area contributed by atoms with Crippen LogP contribution in [0, 0.1) is 12.8 Å². The lowest BCUT2D eigenvalue weighted by Gasteiger charge is -2.21.